The number of carbonyl (C=O) groups is 1. The largest absolute Gasteiger partial charge is 0.338 e. The minimum atomic E-state index is -0.232. The SMILES string of the molecule is C=CC=CN=CNc1ncccc1C(=O)N1CCC(CCN)(Cc2ccc(F)cc2)CC1. The third-order valence-corrected chi connectivity index (χ3v) is 5.90. The number of pyridine rings is 1. The number of nitrogens with one attached hydrogen (secondary N) is 1. The molecule has 3 N–H and O–H groups in total. The van der Waals surface area contributed by atoms with Crippen molar-refractivity contribution in [1.29, 1.82) is 0 Å². The Balaban J connectivity index is 1.67. The van der Waals surface area contributed by atoms with Crippen LogP contribution in [0, 0.1) is 11.2 Å². The van der Waals surface area contributed by atoms with Gasteiger partial charge in [-0.05, 0) is 73.5 Å². The highest BCUT2D eigenvalue weighted by Gasteiger charge is 2.36. The smallest absolute Gasteiger partial charge is 0.257 e. The van der Waals surface area contributed by atoms with Crippen LogP contribution in [0.25, 0.3) is 0 Å². The predicted octanol–water partition coefficient (Wildman–Crippen LogP) is 4.17. The monoisotopic (exact) mass is 435 g/mol. The average molecular weight is 436 g/mol. The Morgan fingerprint density at radius 2 is 2.03 bits per heavy atom. The van der Waals surface area contributed by atoms with Crippen LogP contribution in [0.15, 0.2) is 72.5 Å². The number of hydrogen-bond acceptors (Lipinski definition) is 4. The van der Waals surface area contributed by atoms with Gasteiger partial charge in [-0.3, -0.25) is 4.79 Å². The van der Waals surface area contributed by atoms with E-state index in [2.05, 4.69) is 21.9 Å². The number of halogens is 1. The van der Waals surface area contributed by atoms with Crippen molar-refractivity contribution in [3.8, 4) is 0 Å². The molecule has 0 spiro atoms. The van der Waals surface area contributed by atoms with Gasteiger partial charge in [-0.15, -0.1) is 0 Å². The van der Waals surface area contributed by atoms with Crippen molar-refractivity contribution >= 4 is 18.1 Å². The summed E-state index contributed by atoms with van der Waals surface area (Å²) in [4.78, 5) is 23.5. The molecule has 0 atom stereocenters. The lowest BCUT2D eigenvalue weighted by atomic mass is 9.71. The van der Waals surface area contributed by atoms with Crippen LogP contribution in [0.4, 0.5) is 10.2 Å². The standard InChI is InChI=1S/C25H30FN5O/c1-2-3-14-28-19-30-23-22(5-4-15-29-23)24(32)31-16-11-25(10-13-27,12-17-31)18-20-6-8-21(26)9-7-20/h2-9,14-15,19H,1,10-13,16-18,27H2,(H,28,29,30). The maximum atomic E-state index is 13.3. The highest BCUT2D eigenvalue weighted by Crippen LogP contribution is 2.38. The van der Waals surface area contributed by atoms with Crippen molar-refractivity contribution in [3.05, 3.63) is 84.5 Å². The lowest BCUT2D eigenvalue weighted by Crippen LogP contribution is -2.45. The van der Waals surface area contributed by atoms with Gasteiger partial charge in [0, 0.05) is 25.5 Å². The highest BCUT2D eigenvalue weighted by molar-refractivity contribution is 6.00. The van der Waals surface area contributed by atoms with Crippen LogP contribution in [-0.2, 0) is 6.42 Å². The maximum absolute atomic E-state index is 13.3. The summed E-state index contributed by atoms with van der Waals surface area (Å²) in [7, 11) is 0. The number of allylic oxidation sites excluding steroid dienone is 2. The summed E-state index contributed by atoms with van der Waals surface area (Å²) in [5.74, 6) is 0.182. The normalized spacial score (nSPS) is 15.9. The first-order chi connectivity index (χ1) is 15.6. The fourth-order valence-electron chi connectivity index (χ4n) is 4.16. The molecular weight excluding hydrogens is 405 g/mol. The van der Waals surface area contributed by atoms with Crippen LogP contribution in [-0.4, -0.2) is 41.8 Å². The van der Waals surface area contributed by atoms with Gasteiger partial charge in [-0.25, -0.2) is 14.4 Å². The molecule has 1 aliphatic rings. The molecule has 3 rings (SSSR count). The van der Waals surface area contributed by atoms with Crippen molar-refractivity contribution in [2.45, 2.75) is 25.7 Å². The Kier molecular flexibility index (Phi) is 8.27. The summed E-state index contributed by atoms with van der Waals surface area (Å²) in [6.07, 6.45) is 11.5. The first kappa shape index (κ1) is 23.3. The maximum Gasteiger partial charge on any atom is 0.257 e. The Morgan fingerprint density at radius 3 is 2.72 bits per heavy atom. The minimum absolute atomic E-state index is 0.0174. The van der Waals surface area contributed by atoms with Crippen molar-refractivity contribution in [2.24, 2.45) is 16.1 Å². The van der Waals surface area contributed by atoms with E-state index >= 15 is 0 Å². The van der Waals surface area contributed by atoms with Gasteiger partial charge in [0.25, 0.3) is 5.91 Å². The molecule has 1 aliphatic heterocycles. The van der Waals surface area contributed by atoms with E-state index in [1.165, 1.54) is 18.5 Å². The molecule has 0 bridgehead atoms. The molecular formula is C25H30FN5O. The number of carbonyl (C=O) groups excluding carboxylic acids is 1. The second-order valence-corrected chi connectivity index (χ2v) is 8.03. The van der Waals surface area contributed by atoms with Crippen molar-refractivity contribution in [1.82, 2.24) is 9.88 Å². The zero-order valence-electron chi connectivity index (χ0n) is 18.2. The zero-order valence-corrected chi connectivity index (χ0v) is 18.2. The quantitative estimate of drug-likeness (QED) is 0.352. The van der Waals surface area contributed by atoms with E-state index in [9.17, 15) is 9.18 Å². The van der Waals surface area contributed by atoms with Crippen molar-refractivity contribution in [3.63, 3.8) is 0 Å². The van der Waals surface area contributed by atoms with Crippen LogP contribution < -0.4 is 11.1 Å². The van der Waals surface area contributed by atoms with Gasteiger partial charge in [0.05, 0.1) is 11.9 Å². The van der Waals surface area contributed by atoms with E-state index in [0.717, 1.165) is 31.2 Å². The molecule has 6 nitrogen and oxygen atoms in total. The Bertz CT molecular complexity index is 963. The summed E-state index contributed by atoms with van der Waals surface area (Å²) in [6, 6.07) is 10.2. The number of likely N-dealkylation sites (tertiary alicyclic amines) is 1. The van der Waals surface area contributed by atoms with Crippen LogP contribution in [0.1, 0.15) is 35.2 Å². The van der Waals surface area contributed by atoms with Gasteiger partial charge in [0.2, 0.25) is 0 Å². The van der Waals surface area contributed by atoms with E-state index in [1.54, 1.807) is 36.7 Å². The molecule has 0 unspecified atom stereocenters. The molecule has 7 heteroatoms. The molecule has 0 radical (unpaired) electrons. The van der Waals surface area contributed by atoms with Crippen LogP contribution in [0.2, 0.25) is 0 Å². The topological polar surface area (TPSA) is 83.6 Å². The summed E-state index contributed by atoms with van der Waals surface area (Å²) in [5, 5.41) is 2.98. The van der Waals surface area contributed by atoms with Crippen LogP contribution in [0.3, 0.4) is 0 Å². The molecule has 0 aliphatic carbocycles. The third-order valence-electron chi connectivity index (χ3n) is 5.90. The van der Waals surface area contributed by atoms with E-state index in [-0.39, 0.29) is 17.1 Å². The summed E-state index contributed by atoms with van der Waals surface area (Å²) >= 11 is 0. The Morgan fingerprint density at radius 1 is 1.28 bits per heavy atom. The minimum Gasteiger partial charge on any atom is -0.338 e. The lowest BCUT2D eigenvalue weighted by Gasteiger charge is -2.42. The molecule has 1 aromatic carbocycles. The molecule has 1 fully saturated rings. The molecule has 1 aromatic heterocycles. The second kappa shape index (κ2) is 11.3. The van der Waals surface area contributed by atoms with Gasteiger partial charge >= 0.3 is 0 Å². The summed E-state index contributed by atoms with van der Waals surface area (Å²) in [6.45, 7) is 5.46. The number of aliphatic imine (C=N–C) groups is 1. The lowest BCUT2D eigenvalue weighted by molar-refractivity contribution is 0.0562. The molecule has 2 heterocycles. The number of rotatable bonds is 9. The third kappa shape index (κ3) is 6.11. The predicted molar refractivity (Wildman–Crippen MR) is 127 cm³/mol. The first-order valence-corrected chi connectivity index (χ1v) is 10.8. The Labute approximate surface area is 188 Å². The molecule has 2 aromatic rings. The van der Waals surface area contributed by atoms with E-state index in [4.69, 9.17) is 5.73 Å². The fraction of sp³-hybridized carbons (Fsp3) is 0.320. The number of aromatic nitrogens is 1. The number of anilines is 1. The molecule has 1 amide bonds. The molecule has 1 saturated heterocycles. The Hall–Kier alpha value is -3.32. The molecule has 32 heavy (non-hydrogen) atoms. The number of nitrogens with two attached hydrogens (primary N) is 1. The average Bonchev–Trinajstić information content (AvgIpc) is 2.81. The second-order valence-electron chi connectivity index (χ2n) is 8.03. The fourth-order valence-corrected chi connectivity index (χ4v) is 4.16. The van der Waals surface area contributed by atoms with Gasteiger partial charge in [0.15, 0.2) is 0 Å². The van der Waals surface area contributed by atoms with Crippen molar-refractivity contribution < 1.29 is 9.18 Å². The van der Waals surface area contributed by atoms with E-state index in [0.29, 0.717) is 31.0 Å². The van der Waals surface area contributed by atoms with Crippen molar-refractivity contribution in [2.75, 3.05) is 25.0 Å². The first-order valence-electron chi connectivity index (χ1n) is 10.8. The molecule has 0 saturated carbocycles. The van der Waals surface area contributed by atoms with Gasteiger partial charge in [-0.2, -0.15) is 0 Å². The summed E-state index contributed by atoms with van der Waals surface area (Å²) < 4.78 is 13.3. The number of hydrogen-bond donors (Lipinski definition) is 2. The highest BCUT2D eigenvalue weighted by atomic mass is 19.1. The van der Waals surface area contributed by atoms with E-state index < -0.39 is 0 Å². The van der Waals surface area contributed by atoms with Crippen LogP contribution >= 0.6 is 0 Å². The van der Waals surface area contributed by atoms with Gasteiger partial charge in [-0.1, -0.05) is 24.8 Å². The van der Waals surface area contributed by atoms with Gasteiger partial charge < -0.3 is 16.0 Å². The number of nitrogens with zero attached hydrogens (tertiary/aromatic N) is 3. The summed E-state index contributed by atoms with van der Waals surface area (Å²) in [5.41, 5.74) is 7.55. The van der Waals surface area contributed by atoms with Crippen LogP contribution in [0.5, 0.6) is 0 Å². The number of amides is 1. The number of piperidine rings is 1. The molecule has 168 valence electrons. The zero-order chi connectivity index (χ0) is 22.8. The number of benzene rings is 1. The van der Waals surface area contributed by atoms with E-state index in [1.807, 2.05) is 17.0 Å². The van der Waals surface area contributed by atoms with Gasteiger partial charge in [0.1, 0.15) is 11.6 Å².